The molecule has 13 heteroatoms. The average molecular weight is 447 g/mol. The largest absolute Gasteiger partial charge is 0.295 e. The summed E-state index contributed by atoms with van der Waals surface area (Å²) in [4.78, 5) is -2.73. The van der Waals surface area contributed by atoms with E-state index in [-0.39, 0.29) is 9.86 Å². The lowest BCUT2D eigenvalue weighted by Crippen LogP contribution is -2.07. The zero-order valence-corrected chi connectivity index (χ0v) is 14.7. The van der Waals surface area contributed by atoms with Gasteiger partial charge in [0.15, 0.2) is 0 Å². The van der Waals surface area contributed by atoms with Crippen LogP contribution in [0.3, 0.4) is 0 Å². The van der Waals surface area contributed by atoms with Gasteiger partial charge >= 0.3 is 0 Å². The van der Waals surface area contributed by atoms with E-state index in [4.69, 9.17) is 4.55 Å². The van der Waals surface area contributed by atoms with E-state index in [1.807, 2.05) is 0 Å². The fraction of sp³-hybridized carbons (Fsp3) is 0. The van der Waals surface area contributed by atoms with Crippen LogP contribution in [0.1, 0.15) is 0 Å². The van der Waals surface area contributed by atoms with Crippen LogP contribution < -0.4 is 0 Å². The van der Waals surface area contributed by atoms with E-state index >= 15 is 0 Å². The first-order valence-electron chi connectivity index (χ1n) is 5.41. The van der Waals surface area contributed by atoms with Crippen LogP contribution in [0.25, 0.3) is 10.8 Å². The van der Waals surface area contributed by atoms with E-state index in [2.05, 4.69) is 15.9 Å². The quantitative estimate of drug-likeness (QED) is 0.589. The Hall–Kier alpha value is -1.09. The molecule has 0 radical (unpaired) electrons. The van der Waals surface area contributed by atoms with Gasteiger partial charge in [-0.15, -0.1) is 0 Å². The molecule has 0 bridgehead atoms. The van der Waals surface area contributed by atoms with Crippen molar-refractivity contribution >= 4 is 57.1 Å². The van der Waals surface area contributed by atoms with Crippen LogP contribution >= 0.6 is 15.9 Å². The number of fused-ring (bicyclic) bond motifs is 1. The maximum atomic E-state index is 11.5. The molecular weight excluding hydrogens is 440 g/mol. The Morgan fingerprint density at radius 1 is 0.739 bits per heavy atom. The molecule has 0 unspecified atom stereocenters. The summed E-state index contributed by atoms with van der Waals surface area (Å²) in [5.41, 5.74) is 0. The summed E-state index contributed by atoms with van der Waals surface area (Å²) in [6.07, 6.45) is 0. The highest BCUT2D eigenvalue weighted by Gasteiger charge is 2.25. The summed E-state index contributed by atoms with van der Waals surface area (Å²) in [5, 5.41) is -0.903. The second kappa shape index (κ2) is 5.47. The third-order valence-corrected chi connectivity index (χ3v) is 6.10. The van der Waals surface area contributed by atoms with E-state index in [1.54, 1.807) is 0 Å². The third-order valence-electron chi connectivity index (χ3n) is 2.81. The number of hydrogen-bond acceptors (Lipinski definition) is 6. The fourth-order valence-corrected chi connectivity index (χ4v) is 4.66. The second-order valence-electron chi connectivity index (χ2n) is 4.31. The first kappa shape index (κ1) is 18.3. The summed E-state index contributed by atoms with van der Waals surface area (Å²) in [6.45, 7) is 0. The van der Waals surface area contributed by atoms with Crippen LogP contribution in [0, 0.1) is 0 Å². The summed E-state index contributed by atoms with van der Waals surface area (Å²) in [7, 11) is -14.7. The minimum atomic E-state index is -4.98. The molecule has 23 heavy (non-hydrogen) atoms. The molecule has 0 aliphatic rings. The van der Waals surface area contributed by atoms with Crippen molar-refractivity contribution in [3.8, 4) is 0 Å². The molecular formula is C10H7BrO9S3. The smallest absolute Gasteiger partial charge is 0.282 e. The normalized spacial score (nSPS) is 13.4. The minimum absolute atomic E-state index is 0.00872. The van der Waals surface area contributed by atoms with Crippen LogP contribution in [-0.2, 0) is 30.4 Å². The van der Waals surface area contributed by atoms with Gasteiger partial charge in [-0.3, -0.25) is 13.7 Å². The molecule has 0 fully saturated rings. The van der Waals surface area contributed by atoms with Crippen LogP contribution in [0.15, 0.2) is 43.4 Å². The summed E-state index contributed by atoms with van der Waals surface area (Å²) in [5.74, 6) is 0. The predicted molar refractivity (Wildman–Crippen MR) is 81.1 cm³/mol. The SMILES string of the molecule is O=S(=O)(O)c1cc(S(=O)(=O)O)c2c(Br)ccc(S(=O)(=O)O)c2c1. The lowest BCUT2D eigenvalue weighted by atomic mass is 10.1. The summed E-state index contributed by atoms with van der Waals surface area (Å²) < 4.78 is 95.8. The molecule has 3 N–H and O–H groups in total. The van der Waals surface area contributed by atoms with Gasteiger partial charge in [0, 0.05) is 15.2 Å². The van der Waals surface area contributed by atoms with Crippen molar-refractivity contribution in [2.24, 2.45) is 0 Å². The molecule has 0 aromatic heterocycles. The van der Waals surface area contributed by atoms with E-state index in [1.165, 1.54) is 0 Å². The number of halogens is 1. The molecule has 2 aromatic carbocycles. The number of rotatable bonds is 3. The van der Waals surface area contributed by atoms with Gasteiger partial charge in [-0.1, -0.05) is 15.9 Å². The van der Waals surface area contributed by atoms with Gasteiger partial charge in [0.25, 0.3) is 30.4 Å². The van der Waals surface area contributed by atoms with Crippen molar-refractivity contribution < 1.29 is 38.9 Å². The first-order chi connectivity index (χ1) is 10.2. The lowest BCUT2D eigenvalue weighted by Gasteiger charge is -2.11. The first-order valence-corrected chi connectivity index (χ1v) is 10.5. The Morgan fingerprint density at radius 3 is 1.70 bits per heavy atom. The van der Waals surface area contributed by atoms with E-state index in [0.29, 0.717) is 12.1 Å². The van der Waals surface area contributed by atoms with Crippen molar-refractivity contribution in [2.45, 2.75) is 14.7 Å². The van der Waals surface area contributed by atoms with E-state index in [0.717, 1.165) is 12.1 Å². The van der Waals surface area contributed by atoms with E-state index < -0.39 is 50.4 Å². The zero-order valence-electron chi connectivity index (χ0n) is 10.7. The monoisotopic (exact) mass is 446 g/mol. The maximum absolute atomic E-state index is 11.5. The molecule has 2 rings (SSSR count). The van der Waals surface area contributed by atoms with Gasteiger partial charge in [-0.05, 0) is 24.3 Å². The third kappa shape index (κ3) is 3.55. The maximum Gasteiger partial charge on any atom is 0.295 e. The molecule has 0 spiro atoms. The molecule has 0 saturated heterocycles. The second-order valence-corrected chi connectivity index (χ2v) is 9.37. The standard InChI is InChI=1S/C10H7BrO9S3/c11-7-1-2-8(22(15,16)17)6-3-5(21(12,13)14)4-9(10(6)7)23(18,19)20/h1-4H,(H,12,13,14)(H,15,16,17)(H,18,19,20). The van der Waals surface area contributed by atoms with Crippen molar-refractivity contribution in [1.82, 2.24) is 0 Å². The van der Waals surface area contributed by atoms with E-state index in [9.17, 15) is 34.4 Å². The summed E-state index contributed by atoms with van der Waals surface area (Å²) >= 11 is 2.95. The zero-order chi connectivity index (χ0) is 17.8. The Bertz CT molecular complexity index is 1130. The average Bonchev–Trinajstić information content (AvgIpc) is 2.34. The Kier molecular flexibility index (Phi) is 4.34. The van der Waals surface area contributed by atoms with Gasteiger partial charge in [0.05, 0.1) is 4.90 Å². The van der Waals surface area contributed by atoms with Crippen molar-refractivity contribution in [2.75, 3.05) is 0 Å². The van der Waals surface area contributed by atoms with Crippen molar-refractivity contribution in [3.63, 3.8) is 0 Å². The van der Waals surface area contributed by atoms with Crippen LogP contribution in [0.5, 0.6) is 0 Å². The highest BCUT2D eigenvalue weighted by molar-refractivity contribution is 9.10. The Morgan fingerprint density at radius 2 is 1.26 bits per heavy atom. The minimum Gasteiger partial charge on any atom is -0.282 e. The van der Waals surface area contributed by atoms with Crippen LogP contribution in [-0.4, -0.2) is 38.9 Å². The molecule has 0 atom stereocenters. The molecule has 9 nitrogen and oxygen atoms in total. The van der Waals surface area contributed by atoms with Crippen molar-refractivity contribution in [3.05, 3.63) is 28.7 Å². The highest BCUT2D eigenvalue weighted by atomic mass is 79.9. The highest BCUT2D eigenvalue weighted by Crippen LogP contribution is 2.36. The van der Waals surface area contributed by atoms with Gasteiger partial charge in [-0.25, -0.2) is 0 Å². The Labute approximate surface area is 139 Å². The molecule has 2 aromatic rings. The topological polar surface area (TPSA) is 163 Å². The fourth-order valence-electron chi connectivity index (χ4n) is 1.93. The number of hydrogen-bond donors (Lipinski definition) is 3. The molecule has 0 aliphatic carbocycles. The molecule has 0 heterocycles. The van der Waals surface area contributed by atoms with Crippen molar-refractivity contribution in [1.29, 1.82) is 0 Å². The summed E-state index contributed by atoms with van der Waals surface area (Å²) in [6, 6.07) is 3.11. The Balaban J connectivity index is 3.25. The van der Waals surface area contributed by atoms with Gasteiger partial charge in [-0.2, -0.15) is 25.3 Å². The van der Waals surface area contributed by atoms with Gasteiger partial charge in [0.2, 0.25) is 0 Å². The lowest BCUT2D eigenvalue weighted by molar-refractivity contribution is 0.478. The van der Waals surface area contributed by atoms with Crippen LogP contribution in [0.2, 0.25) is 0 Å². The molecule has 0 aliphatic heterocycles. The number of benzene rings is 2. The molecule has 126 valence electrons. The predicted octanol–water partition coefficient (Wildman–Crippen LogP) is 1.34. The van der Waals surface area contributed by atoms with Crippen LogP contribution in [0.4, 0.5) is 0 Å². The molecule has 0 amide bonds. The molecule has 0 saturated carbocycles. The van der Waals surface area contributed by atoms with Gasteiger partial charge < -0.3 is 0 Å². The van der Waals surface area contributed by atoms with Gasteiger partial charge in [0.1, 0.15) is 9.79 Å².